The number of carbonyl (C=O) groups excluding carboxylic acids is 1. The molecule has 14 heteroatoms. The van der Waals surface area contributed by atoms with E-state index >= 15 is 0 Å². The van der Waals surface area contributed by atoms with Crippen LogP contribution in [-0.4, -0.2) is 48.5 Å². The fourth-order valence-electron chi connectivity index (χ4n) is 4.23. The SMILES string of the molecule is COCc1ccc(OC(F)(F)F)c(CNC(=O)Nc2c(C)c(OCC(N)COCc3ccccc3)nn2-c2ccccc2)c1.Cl. The highest BCUT2D eigenvalue weighted by atomic mass is 35.5. The molecule has 1 unspecified atom stereocenters. The van der Waals surface area contributed by atoms with Gasteiger partial charge in [0.25, 0.3) is 0 Å². The van der Waals surface area contributed by atoms with Gasteiger partial charge in [0.15, 0.2) is 0 Å². The lowest BCUT2D eigenvalue weighted by Gasteiger charge is -2.16. The molecule has 0 bridgehead atoms. The molecule has 0 fully saturated rings. The van der Waals surface area contributed by atoms with Gasteiger partial charge in [0.1, 0.15) is 18.2 Å². The summed E-state index contributed by atoms with van der Waals surface area (Å²) in [7, 11) is 1.47. The maximum absolute atomic E-state index is 13.0. The standard InChI is InChI=1S/C31H34F3N5O5.ClH/c1-21-28(37-30(40)36-16-24-15-23(17-41-2)13-14-27(24)44-31(32,33)34)39(26-11-7-4-8-12-26)38-29(21)43-20-25(35)19-42-18-22-9-5-3-6-10-22;/h3-15,25H,16-20,35H2,1-2H3,(H2,36,37,40);1H. The number of hydrogen-bond donors (Lipinski definition) is 3. The Morgan fingerprint density at radius 2 is 1.67 bits per heavy atom. The zero-order valence-electron chi connectivity index (χ0n) is 24.7. The van der Waals surface area contributed by atoms with Crippen LogP contribution in [0.1, 0.15) is 22.3 Å². The fourth-order valence-corrected chi connectivity index (χ4v) is 4.23. The third-order valence-electron chi connectivity index (χ3n) is 6.29. The summed E-state index contributed by atoms with van der Waals surface area (Å²) in [5.74, 6) is 0.122. The van der Waals surface area contributed by atoms with Gasteiger partial charge in [0.2, 0.25) is 5.88 Å². The highest BCUT2D eigenvalue weighted by Crippen LogP contribution is 2.30. The van der Waals surface area contributed by atoms with Crippen LogP contribution in [0.4, 0.5) is 23.8 Å². The molecule has 4 N–H and O–H groups in total. The lowest BCUT2D eigenvalue weighted by atomic mass is 10.1. The van der Waals surface area contributed by atoms with E-state index in [4.69, 9.17) is 19.9 Å². The molecule has 242 valence electrons. The molecular weight excluding hydrogens is 615 g/mol. The average Bonchev–Trinajstić information content (AvgIpc) is 3.31. The summed E-state index contributed by atoms with van der Waals surface area (Å²) >= 11 is 0. The van der Waals surface area contributed by atoms with Crippen molar-refractivity contribution in [3.8, 4) is 17.3 Å². The van der Waals surface area contributed by atoms with Crippen LogP contribution in [0, 0.1) is 6.92 Å². The summed E-state index contributed by atoms with van der Waals surface area (Å²) in [6.07, 6.45) is -4.90. The molecule has 0 saturated carbocycles. The molecule has 0 radical (unpaired) electrons. The first-order valence-electron chi connectivity index (χ1n) is 13.7. The van der Waals surface area contributed by atoms with Crippen LogP contribution in [-0.2, 0) is 29.2 Å². The minimum Gasteiger partial charge on any atom is -0.475 e. The molecule has 0 aliphatic carbocycles. The Kier molecular flexibility index (Phi) is 13.0. The highest BCUT2D eigenvalue weighted by molar-refractivity contribution is 5.89. The zero-order chi connectivity index (χ0) is 31.5. The van der Waals surface area contributed by atoms with E-state index < -0.39 is 24.2 Å². The number of amides is 2. The number of halogens is 4. The second-order valence-corrected chi connectivity index (χ2v) is 9.83. The maximum atomic E-state index is 13.0. The second-order valence-electron chi connectivity index (χ2n) is 9.83. The number of para-hydroxylation sites is 1. The smallest absolute Gasteiger partial charge is 0.475 e. The molecule has 4 rings (SSSR count). The quantitative estimate of drug-likeness (QED) is 0.156. The van der Waals surface area contributed by atoms with E-state index in [0.717, 1.165) is 5.56 Å². The van der Waals surface area contributed by atoms with Crippen molar-refractivity contribution in [2.75, 3.05) is 25.6 Å². The van der Waals surface area contributed by atoms with Crippen molar-refractivity contribution >= 4 is 24.3 Å². The van der Waals surface area contributed by atoms with E-state index in [1.807, 2.05) is 48.5 Å². The first kappa shape index (κ1) is 35.2. The van der Waals surface area contributed by atoms with Crippen LogP contribution in [0.3, 0.4) is 0 Å². The Morgan fingerprint density at radius 3 is 2.33 bits per heavy atom. The van der Waals surface area contributed by atoms with Crippen LogP contribution in [0.25, 0.3) is 5.69 Å². The van der Waals surface area contributed by atoms with Crippen molar-refractivity contribution in [1.82, 2.24) is 15.1 Å². The number of alkyl halides is 3. The largest absolute Gasteiger partial charge is 0.573 e. The number of nitrogens with one attached hydrogen (secondary N) is 2. The van der Waals surface area contributed by atoms with Crippen LogP contribution in [0.5, 0.6) is 11.6 Å². The second kappa shape index (κ2) is 16.7. The van der Waals surface area contributed by atoms with Gasteiger partial charge < -0.3 is 30.0 Å². The molecule has 1 aromatic heterocycles. The number of carbonyl (C=O) groups is 1. The average molecular weight is 650 g/mol. The Morgan fingerprint density at radius 1 is 0.978 bits per heavy atom. The summed E-state index contributed by atoms with van der Waals surface area (Å²) < 4.78 is 61.2. The molecule has 0 aliphatic heterocycles. The van der Waals surface area contributed by atoms with Crippen LogP contribution in [0.2, 0.25) is 0 Å². The topological polar surface area (TPSA) is 122 Å². The first-order chi connectivity index (χ1) is 21.1. The van der Waals surface area contributed by atoms with Crippen LogP contribution >= 0.6 is 12.4 Å². The Balaban J connectivity index is 0.00000552. The predicted molar refractivity (Wildman–Crippen MR) is 165 cm³/mol. The van der Waals surface area contributed by atoms with E-state index in [1.165, 1.54) is 30.0 Å². The third kappa shape index (κ3) is 10.7. The van der Waals surface area contributed by atoms with Crippen molar-refractivity contribution < 1.29 is 36.9 Å². The van der Waals surface area contributed by atoms with Crippen LogP contribution < -0.4 is 25.8 Å². The van der Waals surface area contributed by atoms with E-state index in [-0.39, 0.29) is 50.2 Å². The number of ether oxygens (including phenoxy) is 4. The van der Waals surface area contributed by atoms with Gasteiger partial charge in [0, 0.05) is 19.2 Å². The molecule has 4 aromatic rings. The van der Waals surface area contributed by atoms with Gasteiger partial charge in [0.05, 0.1) is 37.1 Å². The zero-order valence-corrected chi connectivity index (χ0v) is 25.5. The molecule has 10 nitrogen and oxygen atoms in total. The summed E-state index contributed by atoms with van der Waals surface area (Å²) in [6.45, 7) is 2.42. The van der Waals surface area contributed by atoms with Crippen molar-refractivity contribution in [1.29, 1.82) is 0 Å². The first-order valence-corrected chi connectivity index (χ1v) is 13.7. The van der Waals surface area contributed by atoms with E-state index in [2.05, 4.69) is 20.5 Å². The Bertz CT molecular complexity index is 1510. The molecule has 3 aromatic carbocycles. The summed E-state index contributed by atoms with van der Waals surface area (Å²) in [5, 5.41) is 9.86. The highest BCUT2D eigenvalue weighted by Gasteiger charge is 2.32. The van der Waals surface area contributed by atoms with Gasteiger partial charge in [-0.2, -0.15) is 0 Å². The molecule has 0 aliphatic rings. The molecule has 0 saturated heterocycles. The lowest BCUT2D eigenvalue weighted by Crippen LogP contribution is -2.33. The monoisotopic (exact) mass is 649 g/mol. The number of anilines is 1. The summed E-state index contributed by atoms with van der Waals surface area (Å²) in [4.78, 5) is 13.0. The number of methoxy groups -OCH3 is 1. The minimum atomic E-state index is -4.90. The van der Waals surface area contributed by atoms with E-state index in [9.17, 15) is 18.0 Å². The molecule has 2 amide bonds. The number of aromatic nitrogens is 2. The molecule has 45 heavy (non-hydrogen) atoms. The number of nitrogens with two attached hydrogens (primary N) is 1. The maximum Gasteiger partial charge on any atom is 0.573 e. The number of hydrogen-bond acceptors (Lipinski definition) is 7. The minimum absolute atomic E-state index is 0. The predicted octanol–water partition coefficient (Wildman–Crippen LogP) is 5.89. The number of rotatable bonds is 14. The summed E-state index contributed by atoms with van der Waals surface area (Å²) in [6, 6.07) is 21.8. The number of benzene rings is 3. The van der Waals surface area contributed by atoms with Crippen molar-refractivity contribution in [3.63, 3.8) is 0 Å². The van der Waals surface area contributed by atoms with Gasteiger partial charge in [-0.25, -0.2) is 9.48 Å². The van der Waals surface area contributed by atoms with Gasteiger partial charge in [-0.1, -0.05) is 54.6 Å². The van der Waals surface area contributed by atoms with Gasteiger partial charge in [-0.05, 0) is 42.3 Å². The molecule has 1 heterocycles. The van der Waals surface area contributed by atoms with Crippen LogP contribution in [0.15, 0.2) is 78.9 Å². The Hall–Kier alpha value is -4.30. The van der Waals surface area contributed by atoms with Crippen molar-refractivity contribution in [3.05, 3.63) is 101 Å². The van der Waals surface area contributed by atoms with Crippen molar-refractivity contribution in [2.24, 2.45) is 5.73 Å². The number of nitrogens with zero attached hydrogens (tertiary/aromatic N) is 2. The van der Waals surface area contributed by atoms with Gasteiger partial charge >= 0.3 is 12.4 Å². The lowest BCUT2D eigenvalue weighted by molar-refractivity contribution is -0.274. The van der Waals surface area contributed by atoms with E-state index in [0.29, 0.717) is 29.2 Å². The molecular formula is C31H35ClF3N5O5. The summed E-state index contributed by atoms with van der Waals surface area (Å²) in [5.41, 5.74) is 9.11. The van der Waals surface area contributed by atoms with E-state index in [1.54, 1.807) is 19.1 Å². The van der Waals surface area contributed by atoms with Gasteiger partial charge in [-0.15, -0.1) is 30.7 Å². The molecule has 0 spiro atoms. The fraction of sp³-hybridized carbons (Fsp3) is 0.290. The van der Waals surface area contributed by atoms with Gasteiger partial charge in [-0.3, -0.25) is 5.32 Å². The van der Waals surface area contributed by atoms with Crippen molar-refractivity contribution in [2.45, 2.75) is 39.1 Å². The third-order valence-corrected chi connectivity index (χ3v) is 6.29. The normalized spacial score (nSPS) is 11.8. The Labute approximate surface area is 265 Å². The molecule has 1 atom stereocenters. The number of urea groups is 1.